The molecule has 104 valence electrons. The van der Waals surface area contributed by atoms with Gasteiger partial charge in [0.05, 0.1) is 5.41 Å². The van der Waals surface area contributed by atoms with Crippen molar-refractivity contribution < 1.29 is 9.90 Å². The number of pyridine rings is 1. The Bertz CT molecular complexity index is 469. The number of aromatic nitrogens is 1. The van der Waals surface area contributed by atoms with E-state index < -0.39 is 11.4 Å². The molecule has 1 heterocycles. The number of hydrogen-bond donors (Lipinski definition) is 1. The Balaban J connectivity index is 2.20. The van der Waals surface area contributed by atoms with Crippen molar-refractivity contribution >= 4 is 5.97 Å². The quantitative estimate of drug-likeness (QED) is 0.904. The van der Waals surface area contributed by atoms with Crippen LogP contribution in [0.2, 0.25) is 0 Å². The molecule has 1 fully saturated rings. The molecule has 0 spiro atoms. The van der Waals surface area contributed by atoms with E-state index in [1.165, 1.54) is 0 Å². The fourth-order valence-electron chi connectivity index (χ4n) is 2.98. The van der Waals surface area contributed by atoms with Crippen molar-refractivity contribution in [3.05, 3.63) is 29.6 Å². The Kier molecular flexibility index (Phi) is 3.66. The van der Waals surface area contributed by atoms with Gasteiger partial charge in [0.2, 0.25) is 0 Å². The standard InChI is InChI=1S/C16H23NO2/c1-12-8-13(11-17-10-12)9-16(14(18)19)6-4-15(2,3)5-7-16/h8,10-11H,4-7,9H2,1-3H3,(H,18,19). The maximum Gasteiger partial charge on any atom is 0.309 e. The number of carboxylic acid groups (broad SMARTS) is 1. The lowest BCUT2D eigenvalue weighted by Gasteiger charge is -2.41. The van der Waals surface area contributed by atoms with E-state index >= 15 is 0 Å². The normalized spacial score (nSPS) is 21.0. The minimum Gasteiger partial charge on any atom is -0.481 e. The highest BCUT2D eigenvalue weighted by Crippen LogP contribution is 2.46. The monoisotopic (exact) mass is 261 g/mol. The van der Waals surface area contributed by atoms with Crippen molar-refractivity contribution in [3.63, 3.8) is 0 Å². The summed E-state index contributed by atoms with van der Waals surface area (Å²) in [6.07, 6.45) is 7.72. The van der Waals surface area contributed by atoms with Gasteiger partial charge in [-0.25, -0.2) is 0 Å². The van der Waals surface area contributed by atoms with Crippen LogP contribution in [0, 0.1) is 17.8 Å². The summed E-state index contributed by atoms with van der Waals surface area (Å²) in [5.41, 5.74) is 1.82. The van der Waals surface area contributed by atoms with Gasteiger partial charge in [-0.1, -0.05) is 19.9 Å². The third-order valence-electron chi connectivity index (χ3n) is 4.49. The summed E-state index contributed by atoms with van der Waals surface area (Å²) in [5.74, 6) is -0.649. The molecule has 1 N–H and O–H groups in total. The van der Waals surface area contributed by atoms with Crippen LogP contribution in [-0.2, 0) is 11.2 Å². The molecule has 1 aliphatic carbocycles. The molecule has 0 bridgehead atoms. The first-order valence-corrected chi connectivity index (χ1v) is 6.97. The predicted octanol–water partition coefficient (Wildman–Crippen LogP) is 3.60. The molecule has 19 heavy (non-hydrogen) atoms. The highest BCUT2D eigenvalue weighted by molar-refractivity contribution is 5.75. The SMILES string of the molecule is Cc1cncc(CC2(C(=O)O)CCC(C)(C)CC2)c1. The molecule has 0 atom stereocenters. The second kappa shape index (κ2) is 4.95. The molecule has 0 radical (unpaired) electrons. The third kappa shape index (κ3) is 3.14. The van der Waals surface area contributed by atoms with Crippen LogP contribution < -0.4 is 0 Å². The van der Waals surface area contributed by atoms with Crippen LogP contribution in [0.5, 0.6) is 0 Å². The van der Waals surface area contributed by atoms with E-state index in [9.17, 15) is 9.90 Å². The van der Waals surface area contributed by atoms with Gasteiger partial charge in [-0.3, -0.25) is 9.78 Å². The Hall–Kier alpha value is -1.38. The summed E-state index contributed by atoms with van der Waals surface area (Å²) in [6, 6.07) is 2.05. The second-order valence-corrected chi connectivity index (χ2v) is 6.80. The van der Waals surface area contributed by atoms with Gasteiger partial charge in [0.1, 0.15) is 0 Å². The molecular formula is C16H23NO2. The zero-order valence-electron chi connectivity index (χ0n) is 12.1. The maximum absolute atomic E-state index is 11.8. The first-order valence-electron chi connectivity index (χ1n) is 6.97. The van der Waals surface area contributed by atoms with Gasteiger partial charge < -0.3 is 5.11 Å². The lowest BCUT2D eigenvalue weighted by molar-refractivity contribution is -0.152. The molecule has 0 aromatic carbocycles. The zero-order valence-corrected chi connectivity index (χ0v) is 12.1. The number of carboxylic acids is 1. The smallest absolute Gasteiger partial charge is 0.309 e. The van der Waals surface area contributed by atoms with Gasteiger partial charge in [-0.05, 0) is 55.6 Å². The molecule has 1 aromatic rings. The van der Waals surface area contributed by atoms with Crippen LogP contribution in [0.25, 0.3) is 0 Å². The summed E-state index contributed by atoms with van der Waals surface area (Å²) in [7, 11) is 0. The number of aliphatic carboxylic acids is 1. The molecular weight excluding hydrogens is 238 g/mol. The first kappa shape index (κ1) is 14.0. The van der Waals surface area contributed by atoms with Gasteiger partial charge in [0.15, 0.2) is 0 Å². The summed E-state index contributed by atoms with van der Waals surface area (Å²) in [4.78, 5) is 15.9. The van der Waals surface area contributed by atoms with Crippen molar-refractivity contribution in [2.45, 2.75) is 52.9 Å². The number of carbonyl (C=O) groups is 1. The molecule has 0 unspecified atom stereocenters. The molecule has 2 rings (SSSR count). The highest BCUT2D eigenvalue weighted by Gasteiger charge is 2.44. The van der Waals surface area contributed by atoms with Crippen molar-refractivity contribution in [3.8, 4) is 0 Å². The fraction of sp³-hybridized carbons (Fsp3) is 0.625. The minimum atomic E-state index is -0.649. The topological polar surface area (TPSA) is 50.2 Å². The van der Waals surface area contributed by atoms with Crippen LogP contribution in [0.3, 0.4) is 0 Å². The van der Waals surface area contributed by atoms with Gasteiger partial charge in [0.25, 0.3) is 0 Å². The molecule has 0 saturated heterocycles. The van der Waals surface area contributed by atoms with E-state index in [2.05, 4.69) is 24.9 Å². The van der Waals surface area contributed by atoms with Crippen LogP contribution in [0.15, 0.2) is 18.5 Å². The molecule has 1 saturated carbocycles. The number of nitrogens with zero attached hydrogens (tertiary/aromatic N) is 1. The molecule has 3 heteroatoms. The summed E-state index contributed by atoms with van der Waals surface area (Å²) >= 11 is 0. The Labute approximate surface area is 115 Å². The summed E-state index contributed by atoms with van der Waals surface area (Å²) in [5, 5.41) is 9.67. The van der Waals surface area contributed by atoms with E-state index in [1.807, 2.05) is 6.92 Å². The lowest BCUT2D eigenvalue weighted by atomic mass is 9.63. The number of rotatable bonds is 3. The molecule has 0 aliphatic heterocycles. The third-order valence-corrected chi connectivity index (χ3v) is 4.49. The Morgan fingerprint density at radius 1 is 1.26 bits per heavy atom. The highest BCUT2D eigenvalue weighted by atomic mass is 16.4. The minimum absolute atomic E-state index is 0.282. The van der Waals surface area contributed by atoms with Gasteiger partial charge in [-0.15, -0.1) is 0 Å². The largest absolute Gasteiger partial charge is 0.481 e. The van der Waals surface area contributed by atoms with Crippen molar-refractivity contribution in [2.75, 3.05) is 0 Å². The predicted molar refractivity (Wildman–Crippen MR) is 75.0 cm³/mol. The molecule has 0 amide bonds. The number of hydrogen-bond acceptors (Lipinski definition) is 2. The van der Waals surface area contributed by atoms with Crippen LogP contribution in [0.1, 0.15) is 50.7 Å². The molecule has 1 aliphatic rings. The Morgan fingerprint density at radius 2 is 1.89 bits per heavy atom. The van der Waals surface area contributed by atoms with Crippen molar-refractivity contribution in [1.29, 1.82) is 0 Å². The van der Waals surface area contributed by atoms with Crippen LogP contribution in [0.4, 0.5) is 0 Å². The molecule has 1 aromatic heterocycles. The van der Waals surface area contributed by atoms with E-state index in [-0.39, 0.29) is 5.41 Å². The summed E-state index contributed by atoms with van der Waals surface area (Å²) in [6.45, 7) is 6.45. The lowest BCUT2D eigenvalue weighted by Crippen LogP contribution is -2.39. The van der Waals surface area contributed by atoms with E-state index in [0.717, 1.165) is 36.8 Å². The Morgan fingerprint density at radius 3 is 2.42 bits per heavy atom. The van der Waals surface area contributed by atoms with E-state index in [1.54, 1.807) is 12.4 Å². The van der Waals surface area contributed by atoms with Crippen molar-refractivity contribution in [1.82, 2.24) is 4.98 Å². The average Bonchev–Trinajstić information content (AvgIpc) is 2.32. The van der Waals surface area contributed by atoms with Crippen LogP contribution >= 0.6 is 0 Å². The number of aryl methyl sites for hydroxylation is 1. The zero-order chi connectivity index (χ0) is 14.1. The average molecular weight is 261 g/mol. The fourth-order valence-corrected chi connectivity index (χ4v) is 2.98. The van der Waals surface area contributed by atoms with Gasteiger partial charge in [0, 0.05) is 12.4 Å². The second-order valence-electron chi connectivity index (χ2n) is 6.80. The maximum atomic E-state index is 11.8. The van der Waals surface area contributed by atoms with E-state index in [4.69, 9.17) is 0 Å². The van der Waals surface area contributed by atoms with E-state index in [0.29, 0.717) is 6.42 Å². The van der Waals surface area contributed by atoms with Crippen LogP contribution in [-0.4, -0.2) is 16.1 Å². The molecule has 3 nitrogen and oxygen atoms in total. The van der Waals surface area contributed by atoms with Gasteiger partial charge >= 0.3 is 5.97 Å². The van der Waals surface area contributed by atoms with Gasteiger partial charge in [-0.2, -0.15) is 0 Å². The first-order chi connectivity index (χ1) is 8.83. The van der Waals surface area contributed by atoms with Crippen molar-refractivity contribution in [2.24, 2.45) is 10.8 Å². The summed E-state index contributed by atoms with van der Waals surface area (Å²) < 4.78 is 0.